The highest BCUT2D eigenvalue weighted by Gasteiger charge is 2.39. The smallest absolute Gasteiger partial charge is 0.408 e. The van der Waals surface area contributed by atoms with Gasteiger partial charge >= 0.3 is 12.1 Å². The molecule has 1 aromatic carbocycles. The molecule has 1 aliphatic rings. The maximum absolute atomic E-state index is 11.8. The molecule has 1 unspecified atom stereocenters. The first-order valence-corrected chi connectivity index (χ1v) is 6.83. The van der Waals surface area contributed by atoms with Crippen molar-refractivity contribution in [2.24, 2.45) is 5.92 Å². The van der Waals surface area contributed by atoms with E-state index in [1.165, 1.54) is 7.11 Å². The molecule has 0 heterocycles. The molecule has 0 radical (unpaired) electrons. The van der Waals surface area contributed by atoms with Gasteiger partial charge < -0.3 is 19.9 Å². The maximum atomic E-state index is 11.8. The van der Waals surface area contributed by atoms with Crippen LogP contribution < -0.4 is 5.32 Å². The highest BCUT2D eigenvalue weighted by molar-refractivity contribution is 5.81. The Morgan fingerprint density at radius 3 is 2.57 bits per heavy atom. The minimum absolute atomic E-state index is 0.114. The fraction of sp³-hybridized carbons (Fsp3) is 0.467. The Kier molecular flexibility index (Phi) is 5.16. The van der Waals surface area contributed by atoms with E-state index in [0.717, 1.165) is 5.56 Å². The molecule has 1 aromatic rings. The maximum Gasteiger partial charge on any atom is 0.408 e. The molecule has 1 saturated carbocycles. The van der Waals surface area contributed by atoms with Crippen LogP contribution in [0.15, 0.2) is 30.3 Å². The van der Waals surface area contributed by atoms with E-state index in [1.54, 1.807) is 0 Å². The minimum atomic E-state index is -0.776. The number of carbonyl (C=O) groups excluding carboxylic acids is 2. The normalized spacial score (nSPS) is 21.8. The second kappa shape index (κ2) is 7.08. The number of nitrogens with one attached hydrogen (secondary N) is 1. The molecule has 6 nitrogen and oxygen atoms in total. The minimum Gasteiger partial charge on any atom is -0.467 e. The Morgan fingerprint density at radius 2 is 2.00 bits per heavy atom. The lowest BCUT2D eigenvalue weighted by Gasteiger charge is -2.36. The molecular weight excluding hydrogens is 274 g/mol. The van der Waals surface area contributed by atoms with Crippen molar-refractivity contribution in [1.82, 2.24) is 5.32 Å². The number of hydrogen-bond donors (Lipinski definition) is 2. The fourth-order valence-corrected chi connectivity index (χ4v) is 2.29. The van der Waals surface area contributed by atoms with E-state index in [4.69, 9.17) is 4.74 Å². The molecule has 1 fully saturated rings. The highest BCUT2D eigenvalue weighted by atomic mass is 16.6. The molecule has 2 rings (SSSR count). The highest BCUT2D eigenvalue weighted by Crippen LogP contribution is 2.30. The third-order valence-corrected chi connectivity index (χ3v) is 3.56. The number of carbonyl (C=O) groups is 2. The first kappa shape index (κ1) is 15.3. The standard InChI is InChI=1S/C15H19NO5/c1-20-14(18)13(11-7-12(17)8-11)16-15(19)21-9-10-5-3-2-4-6-10/h2-6,11-13,17H,7-9H2,1H3,(H,16,19). The van der Waals surface area contributed by atoms with Crippen LogP contribution in [0.1, 0.15) is 18.4 Å². The van der Waals surface area contributed by atoms with Crippen molar-refractivity contribution in [3.05, 3.63) is 35.9 Å². The van der Waals surface area contributed by atoms with Crippen LogP contribution in [-0.4, -0.2) is 36.4 Å². The fourth-order valence-electron chi connectivity index (χ4n) is 2.29. The van der Waals surface area contributed by atoms with Crippen LogP contribution in [0.25, 0.3) is 0 Å². The number of amides is 1. The van der Waals surface area contributed by atoms with Gasteiger partial charge in [0.2, 0.25) is 0 Å². The van der Waals surface area contributed by atoms with Gasteiger partial charge in [0.15, 0.2) is 0 Å². The van der Waals surface area contributed by atoms with Crippen molar-refractivity contribution in [3.63, 3.8) is 0 Å². The monoisotopic (exact) mass is 293 g/mol. The quantitative estimate of drug-likeness (QED) is 0.797. The van der Waals surface area contributed by atoms with Gasteiger partial charge in [-0.2, -0.15) is 0 Å². The van der Waals surface area contributed by atoms with Crippen LogP contribution >= 0.6 is 0 Å². The number of aliphatic hydroxyl groups is 1. The first-order valence-electron chi connectivity index (χ1n) is 6.83. The lowest BCUT2D eigenvalue weighted by atomic mass is 9.77. The zero-order chi connectivity index (χ0) is 15.2. The van der Waals surface area contributed by atoms with Gasteiger partial charge in [0.05, 0.1) is 13.2 Å². The van der Waals surface area contributed by atoms with Crippen molar-refractivity contribution in [2.75, 3.05) is 7.11 Å². The van der Waals surface area contributed by atoms with Gasteiger partial charge in [0.1, 0.15) is 12.6 Å². The third kappa shape index (κ3) is 4.19. The Balaban J connectivity index is 1.84. The van der Waals surface area contributed by atoms with Crippen molar-refractivity contribution >= 4 is 12.1 Å². The number of hydrogen-bond acceptors (Lipinski definition) is 5. The SMILES string of the molecule is COC(=O)C(NC(=O)OCc1ccccc1)C1CC(O)C1. The van der Waals surface area contributed by atoms with Gasteiger partial charge in [0, 0.05) is 0 Å². The zero-order valence-electron chi connectivity index (χ0n) is 11.8. The third-order valence-electron chi connectivity index (χ3n) is 3.56. The number of methoxy groups -OCH3 is 1. The van der Waals surface area contributed by atoms with Gasteiger partial charge in [-0.3, -0.25) is 0 Å². The number of alkyl carbamates (subject to hydrolysis) is 1. The Bertz CT molecular complexity index is 484. The summed E-state index contributed by atoms with van der Waals surface area (Å²) in [4.78, 5) is 23.5. The van der Waals surface area contributed by atoms with E-state index < -0.39 is 24.2 Å². The molecule has 1 aliphatic carbocycles. The lowest BCUT2D eigenvalue weighted by molar-refractivity contribution is -0.146. The summed E-state index contributed by atoms with van der Waals surface area (Å²) in [6.07, 6.45) is -0.141. The number of rotatable bonds is 5. The first-order chi connectivity index (χ1) is 10.1. The Morgan fingerprint density at radius 1 is 1.33 bits per heavy atom. The Hall–Kier alpha value is -2.08. The molecule has 1 amide bonds. The molecule has 0 spiro atoms. The molecule has 114 valence electrons. The average molecular weight is 293 g/mol. The van der Waals surface area contributed by atoms with Crippen molar-refractivity contribution < 1.29 is 24.2 Å². The van der Waals surface area contributed by atoms with Gasteiger partial charge in [-0.05, 0) is 24.3 Å². The zero-order valence-corrected chi connectivity index (χ0v) is 11.8. The number of ether oxygens (including phenoxy) is 2. The van der Waals surface area contributed by atoms with Crippen molar-refractivity contribution in [1.29, 1.82) is 0 Å². The summed E-state index contributed by atoms with van der Waals surface area (Å²) >= 11 is 0. The van der Waals surface area contributed by atoms with Crippen molar-refractivity contribution in [2.45, 2.75) is 31.6 Å². The van der Waals surface area contributed by atoms with E-state index in [9.17, 15) is 14.7 Å². The summed E-state index contributed by atoms with van der Waals surface area (Å²) in [6, 6.07) is 8.48. The summed E-state index contributed by atoms with van der Waals surface area (Å²) < 4.78 is 9.76. The molecule has 21 heavy (non-hydrogen) atoms. The number of aliphatic hydroxyl groups excluding tert-OH is 1. The second-order valence-corrected chi connectivity index (χ2v) is 5.09. The molecular formula is C15H19NO5. The molecule has 2 N–H and O–H groups in total. The summed E-state index contributed by atoms with van der Waals surface area (Å²) in [5.74, 6) is -0.639. The second-order valence-electron chi connectivity index (χ2n) is 5.09. The van der Waals surface area contributed by atoms with Crippen LogP contribution in [0.3, 0.4) is 0 Å². The predicted octanol–water partition coefficient (Wildman–Crippen LogP) is 1.23. The van der Waals surface area contributed by atoms with E-state index in [2.05, 4.69) is 10.1 Å². The van der Waals surface area contributed by atoms with E-state index >= 15 is 0 Å². The van der Waals surface area contributed by atoms with Crippen LogP contribution in [0.5, 0.6) is 0 Å². The number of esters is 1. The van der Waals surface area contributed by atoms with E-state index in [0.29, 0.717) is 12.8 Å². The topological polar surface area (TPSA) is 84.9 Å². The average Bonchev–Trinajstić information content (AvgIpc) is 2.48. The summed E-state index contributed by atoms with van der Waals surface area (Å²) in [5, 5.41) is 11.8. The molecule has 0 aliphatic heterocycles. The van der Waals surface area contributed by atoms with Crippen molar-refractivity contribution in [3.8, 4) is 0 Å². The number of benzene rings is 1. The predicted molar refractivity (Wildman–Crippen MR) is 74.3 cm³/mol. The van der Waals surface area contributed by atoms with Gasteiger partial charge in [0.25, 0.3) is 0 Å². The van der Waals surface area contributed by atoms with Crippen LogP contribution in [0.4, 0.5) is 4.79 Å². The largest absolute Gasteiger partial charge is 0.467 e. The van der Waals surface area contributed by atoms with Crippen LogP contribution in [0.2, 0.25) is 0 Å². The molecule has 0 bridgehead atoms. The molecule has 1 atom stereocenters. The van der Waals surface area contributed by atoms with Crippen LogP contribution in [-0.2, 0) is 20.9 Å². The van der Waals surface area contributed by atoms with E-state index in [1.807, 2.05) is 30.3 Å². The summed E-state index contributed by atoms with van der Waals surface area (Å²) in [7, 11) is 1.27. The van der Waals surface area contributed by atoms with Gasteiger partial charge in [-0.15, -0.1) is 0 Å². The summed E-state index contributed by atoms with van der Waals surface area (Å²) in [5.41, 5.74) is 0.862. The summed E-state index contributed by atoms with van der Waals surface area (Å²) in [6.45, 7) is 0.133. The molecule has 0 saturated heterocycles. The van der Waals surface area contributed by atoms with Crippen LogP contribution in [0, 0.1) is 5.92 Å². The Labute approximate surface area is 123 Å². The van der Waals surface area contributed by atoms with E-state index in [-0.39, 0.29) is 12.5 Å². The molecule has 0 aromatic heterocycles. The van der Waals surface area contributed by atoms with Gasteiger partial charge in [-0.1, -0.05) is 30.3 Å². The lowest BCUT2D eigenvalue weighted by Crippen LogP contribution is -2.51. The van der Waals surface area contributed by atoms with Gasteiger partial charge in [-0.25, -0.2) is 9.59 Å². The molecule has 6 heteroatoms.